The molecular formula is C16H22N2O4. The number of aryl methyl sites for hydroxylation is 1. The minimum Gasteiger partial charge on any atom is -0.496 e. The number of nitrogens with one attached hydrogen (secondary N) is 1. The van der Waals surface area contributed by atoms with E-state index in [1.165, 1.54) is 4.90 Å². The van der Waals surface area contributed by atoms with Crippen LogP contribution in [0, 0.1) is 6.92 Å². The first-order valence-corrected chi connectivity index (χ1v) is 7.40. The molecule has 6 nitrogen and oxygen atoms in total. The standard InChI is InChI=1S/C16H22N2O4/c1-4-16(12-6-7-13(22-3)11(2)10-12)14(20)18(8-5-9-19)15(21)17-16/h6-7,10,19H,4-5,8-9H2,1-3H3,(H,17,21). The zero-order valence-corrected chi connectivity index (χ0v) is 13.2. The number of imide groups is 1. The van der Waals surface area contributed by atoms with Crippen molar-refractivity contribution >= 4 is 11.9 Å². The van der Waals surface area contributed by atoms with E-state index in [4.69, 9.17) is 9.84 Å². The number of benzene rings is 1. The van der Waals surface area contributed by atoms with Crippen LogP contribution in [-0.2, 0) is 10.3 Å². The first kappa shape index (κ1) is 16.3. The Morgan fingerprint density at radius 3 is 2.64 bits per heavy atom. The van der Waals surface area contributed by atoms with Crippen molar-refractivity contribution in [3.8, 4) is 5.75 Å². The second kappa shape index (κ2) is 6.36. The summed E-state index contributed by atoms with van der Waals surface area (Å²) in [5.41, 5.74) is 0.616. The molecule has 1 atom stereocenters. The monoisotopic (exact) mass is 306 g/mol. The fraction of sp³-hybridized carbons (Fsp3) is 0.500. The summed E-state index contributed by atoms with van der Waals surface area (Å²) >= 11 is 0. The number of carbonyl (C=O) groups is 2. The molecule has 1 fully saturated rings. The van der Waals surface area contributed by atoms with Crippen LogP contribution >= 0.6 is 0 Å². The van der Waals surface area contributed by atoms with Crippen molar-refractivity contribution in [2.45, 2.75) is 32.2 Å². The third-order valence-electron chi connectivity index (χ3n) is 4.13. The summed E-state index contributed by atoms with van der Waals surface area (Å²) in [6.07, 6.45) is 0.833. The Morgan fingerprint density at radius 2 is 2.09 bits per heavy atom. The van der Waals surface area contributed by atoms with Gasteiger partial charge in [-0.2, -0.15) is 0 Å². The summed E-state index contributed by atoms with van der Waals surface area (Å²) in [6.45, 7) is 3.93. The number of nitrogens with zero attached hydrogens (tertiary/aromatic N) is 1. The molecule has 0 bridgehead atoms. The Labute approximate surface area is 130 Å². The van der Waals surface area contributed by atoms with Crippen molar-refractivity contribution in [3.63, 3.8) is 0 Å². The molecule has 1 aromatic rings. The zero-order valence-electron chi connectivity index (χ0n) is 13.2. The molecule has 0 saturated carbocycles. The number of hydrogen-bond acceptors (Lipinski definition) is 4. The van der Waals surface area contributed by atoms with Crippen molar-refractivity contribution in [1.82, 2.24) is 10.2 Å². The third-order valence-corrected chi connectivity index (χ3v) is 4.13. The average Bonchev–Trinajstić information content (AvgIpc) is 2.76. The maximum absolute atomic E-state index is 12.8. The Bertz CT molecular complexity index is 588. The van der Waals surface area contributed by atoms with Crippen LogP contribution in [-0.4, -0.2) is 42.2 Å². The van der Waals surface area contributed by atoms with E-state index in [0.717, 1.165) is 16.9 Å². The highest BCUT2D eigenvalue weighted by molar-refractivity contribution is 6.07. The van der Waals surface area contributed by atoms with Crippen LogP contribution < -0.4 is 10.1 Å². The van der Waals surface area contributed by atoms with E-state index in [-0.39, 0.29) is 19.1 Å². The van der Waals surface area contributed by atoms with E-state index < -0.39 is 11.6 Å². The fourth-order valence-corrected chi connectivity index (χ4v) is 2.84. The molecule has 1 aromatic carbocycles. The Hall–Kier alpha value is -2.08. The molecule has 1 aliphatic rings. The van der Waals surface area contributed by atoms with Crippen molar-refractivity contribution in [1.29, 1.82) is 0 Å². The summed E-state index contributed by atoms with van der Waals surface area (Å²) in [4.78, 5) is 26.1. The maximum atomic E-state index is 12.8. The molecule has 2 N–H and O–H groups in total. The van der Waals surface area contributed by atoms with E-state index >= 15 is 0 Å². The molecule has 1 saturated heterocycles. The number of ether oxygens (including phenoxy) is 1. The van der Waals surface area contributed by atoms with Crippen LogP contribution in [0.25, 0.3) is 0 Å². The quantitative estimate of drug-likeness (QED) is 0.782. The smallest absolute Gasteiger partial charge is 0.325 e. The van der Waals surface area contributed by atoms with Gasteiger partial charge in [0.15, 0.2) is 0 Å². The van der Waals surface area contributed by atoms with E-state index in [9.17, 15) is 9.59 Å². The lowest BCUT2D eigenvalue weighted by molar-refractivity contribution is -0.131. The Morgan fingerprint density at radius 1 is 1.36 bits per heavy atom. The summed E-state index contributed by atoms with van der Waals surface area (Å²) in [5, 5.41) is 11.7. The van der Waals surface area contributed by atoms with Gasteiger partial charge in [-0.05, 0) is 43.0 Å². The van der Waals surface area contributed by atoms with Crippen LogP contribution in [0.4, 0.5) is 4.79 Å². The first-order valence-electron chi connectivity index (χ1n) is 7.40. The fourth-order valence-electron chi connectivity index (χ4n) is 2.84. The molecule has 3 amide bonds. The highest BCUT2D eigenvalue weighted by atomic mass is 16.5. The number of rotatable bonds is 6. The number of aliphatic hydroxyl groups excluding tert-OH is 1. The van der Waals surface area contributed by atoms with Gasteiger partial charge >= 0.3 is 6.03 Å². The molecule has 1 heterocycles. The van der Waals surface area contributed by atoms with Crippen molar-refractivity contribution in [2.24, 2.45) is 0 Å². The summed E-state index contributed by atoms with van der Waals surface area (Å²) < 4.78 is 5.24. The van der Waals surface area contributed by atoms with E-state index in [0.29, 0.717) is 12.8 Å². The first-order chi connectivity index (χ1) is 10.5. The number of methoxy groups -OCH3 is 1. The van der Waals surface area contributed by atoms with Gasteiger partial charge in [0.1, 0.15) is 11.3 Å². The molecule has 0 spiro atoms. The summed E-state index contributed by atoms with van der Waals surface area (Å²) in [7, 11) is 1.59. The lowest BCUT2D eigenvalue weighted by atomic mass is 9.86. The van der Waals surface area contributed by atoms with Gasteiger partial charge in [-0.1, -0.05) is 13.0 Å². The van der Waals surface area contributed by atoms with Crippen molar-refractivity contribution < 1.29 is 19.4 Å². The minimum absolute atomic E-state index is 0.0577. The van der Waals surface area contributed by atoms with Gasteiger partial charge in [0.2, 0.25) is 0 Å². The lowest BCUT2D eigenvalue weighted by Gasteiger charge is -2.26. The SMILES string of the molecule is CCC1(c2ccc(OC)c(C)c2)NC(=O)N(CCCO)C1=O. The van der Waals surface area contributed by atoms with Gasteiger partial charge in [0.05, 0.1) is 7.11 Å². The summed E-state index contributed by atoms with van der Waals surface area (Å²) in [6, 6.07) is 5.07. The normalized spacial score (nSPS) is 21.2. The van der Waals surface area contributed by atoms with E-state index in [2.05, 4.69) is 5.32 Å². The van der Waals surface area contributed by atoms with Crippen LogP contribution in [0.15, 0.2) is 18.2 Å². The number of amides is 3. The van der Waals surface area contributed by atoms with Gasteiger partial charge in [0.25, 0.3) is 5.91 Å². The summed E-state index contributed by atoms with van der Waals surface area (Å²) in [5.74, 6) is 0.474. The highest BCUT2D eigenvalue weighted by Gasteiger charge is 2.50. The topological polar surface area (TPSA) is 78.9 Å². The van der Waals surface area contributed by atoms with Gasteiger partial charge < -0.3 is 15.2 Å². The molecule has 120 valence electrons. The van der Waals surface area contributed by atoms with Crippen molar-refractivity contribution in [2.75, 3.05) is 20.3 Å². The second-order valence-corrected chi connectivity index (χ2v) is 5.41. The van der Waals surface area contributed by atoms with Gasteiger partial charge in [0, 0.05) is 13.2 Å². The van der Waals surface area contributed by atoms with E-state index in [1.807, 2.05) is 26.0 Å². The molecule has 22 heavy (non-hydrogen) atoms. The largest absolute Gasteiger partial charge is 0.496 e. The van der Waals surface area contributed by atoms with Crippen molar-refractivity contribution in [3.05, 3.63) is 29.3 Å². The molecule has 0 radical (unpaired) electrons. The predicted octanol–water partition coefficient (Wildman–Crippen LogP) is 1.54. The lowest BCUT2D eigenvalue weighted by Crippen LogP contribution is -2.43. The molecule has 6 heteroatoms. The average molecular weight is 306 g/mol. The van der Waals surface area contributed by atoms with Crippen LogP contribution in [0.3, 0.4) is 0 Å². The molecular weight excluding hydrogens is 284 g/mol. The number of hydrogen-bond donors (Lipinski definition) is 2. The molecule has 2 rings (SSSR count). The van der Waals surface area contributed by atoms with Crippen LogP contribution in [0.2, 0.25) is 0 Å². The van der Waals surface area contributed by atoms with Crippen LogP contribution in [0.5, 0.6) is 5.75 Å². The van der Waals surface area contributed by atoms with Gasteiger partial charge in [-0.3, -0.25) is 9.69 Å². The minimum atomic E-state index is -1.04. The molecule has 1 unspecified atom stereocenters. The maximum Gasteiger partial charge on any atom is 0.325 e. The Kier molecular flexibility index (Phi) is 4.71. The molecule has 1 aliphatic heterocycles. The Balaban J connectivity index is 2.39. The molecule has 0 aromatic heterocycles. The third kappa shape index (κ3) is 2.54. The predicted molar refractivity (Wildman–Crippen MR) is 81.6 cm³/mol. The highest BCUT2D eigenvalue weighted by Crippen LogP contribution is 2.34. The number of aliphatic hydroxyl groups is 1. The van der Waals surface area contributed by atoms with Gasteiger partial charge in [-0.15, -0.1) is 0 Å². The number of carbonyl (C=O) groups excluding carboxylic acids is 2. The zero-order chi connectivity index (χ0) is 16.3. The number of urea groups is 1. The second-order valence-electron chi connectivity index (χ2n) is 5.41. The molecule has 0 aliphatic carbocycles. The van der Waals surface area contributed by atoms with E-state index in [1.54, 1.807) is 13.2 Å². The van der Waals surface area contributed by atoms with Gasteiger partial charge in [-0.25, -0.2) is 4.79 Å². The van der Waals surface area contributed by atoms with Crippen LogP contribution in [0.1, 0.15) is 30.9 Å².